The van der Waals surface area contributed by atoms with Crippen molar-refractivity contribution in [3.63, 3.8) is 0 Å². The fourth-order valence-electron chi connectivity index (χ4n) is 1.65. The van der Waals surface area contributed by atoms with Gasteiger partial charge < -0.3 is 15.9 Å². The van der Waals surface area contributed by atoms with Gasteiger partial charge in [-0.05, 0) is 17.7 Å². The Morgan fingerprint density at radius 3 is 2.40 bits per heavy atom. The fraction of sp³-hybridized carbons (Fsp3) is 0.333. The molecule has 0 aromatic heterocycles. The van der Waals surface area contributed by atoms with Crippen molar-refractivity contribution >= 4 is 12.2 Å². The molecule has 110 valence electrons. The van der Waals surface area contributed by atoms with Gasteiger partial charge in [-0.2, -0.15) is 13.2 Å². The summed E-state index contributed by atoms with van der Waals surface area (Å²) in [6, 6.07) is 2.10. The fourth-order valence-corrected chi connectivity index (χ4v) is 1.65. The van der Waals surface area contributed by atoms with Crippen LogP contribution in [-0.4, -0.2) is 28.5 Å². The third-order valence-electron chi connectivity index (χ3n) is 2.63. The predicted molar refractivity (Wildman–Crippen MR) is 61.6 cm³/mol. The number of carbonyl (C=O) groups excluding carboxylic acids is 2. The molecule has 0 fully saturated rings. The number of hydrogen-bond acceptors (Lipinski definition) is 4. The standard InChI is InChI=1S/C12H12F3NO4/c13-12(14,15)7-1-2-8(6(3-7)5-17)11(20)9(18)4-10(16)19/h1-3,5,9,11,18,20H,4H2,(H2,16,19). The topological polar surface area (TPSA) is 101 Å². The number of nitrogens with two attached hydrogens (primary N) is 1. The quantitative estimate of drug-likeness (QED) is 0.698. The number of rotatable bonds is 5. The number of halogens is 3. The lowest BCUT2D eigenvalue weighted by molar-refractivity contribution is -0.137. The first-order chi connectivity index (χ1) is 9.16. The van der Waals surface area contributed by atoms with Gasteiger partial charge in [-0.1, -0.05) is 6.07 Å². The zero-order chi connectivity index (χ0) is 15.5. The van der Waals surface area contributed by atoms with Crippen LogP contribution in [0.5, 0.6) is 0 Å². The second-order valence-corrected chi connectivity index (χ2v) is 4.14. The SMILES string of the molecule is NC(=O)CC(O)C(O)c1ccc(C(F)(F)F)cc1C=O. The first-order valence-electron chi connectivity index (χ1n) is 5.47. The van der Waals surface area contributed by atoms with Gasteiger partial charge in [0.2, 0.25) is 5.91 Å². The number of carbonyl (C=O) groups is 2. The lowest BCUT2D eigenvalue weighted by atomic mass is 9.95. The van der Waals surface area contributed by atoms with Crippen molar-refractivity contribution < 1.29 is 33.0 Å². The zero-order valence-electron chi connectivity index (χ0n) is 10.1. The average Bonchev–Trinajstić information content (AvgIpc) is 2.35. The highest BCUT2D eigenvalue weighted by Crippen LogP contribution is 2.32. The maximum Gasteiger partial charge on any atom is 0.416 e. The van der Waals surface area contributed by atoms with Crippen molar-refractivity contribution in [2.24, 2.45) is 5.73 Å². The number of aldehydes is 1. The van der Waals surface area contributed by atoms with E-state index in [2.05, 4.69) is 0 Å². The van der Waals surface area contributed by atoms with Crippen molar-refractivity contribution in [1.82, 2.24) is 0 Å². The molecule has 1 aromatic carbocycles. The van der Waals surface area contributed by atoms with Gasteiger partial charge in [-0.3, -0.25) is 9.59 Å². The summed E-state index contributed by atoms with van der Waals surface area (Å²) in [6.07, 6.45) is -8.38. The van der Waals surface area contributed by atoms with Crippen LogP contribution >= 0.6 is 0 Å². The van der Waals surface area contributed by atoms with Crippen molar-refractivity contribution in [1.29, 1.82) is 0 Å². The van der Waals surface area contributed by atoms with Crippen LogP contribution in [0.25, 0.3) is 0 Å². The summed E-state index contributed by atoms with van der Waals surface area (Å²) in [5, 5.41) is 19.2. The number of hydrogen-bond donors (Lipinski definition) is 3. The van der Waals surface area contributed by atoms with E-state index in [0.29, 0.717) is 12.1 Å². The van der Waals surface area contributed by atoms with Crippen LogP contribution in [0.4, 0.5) is 13.2 Å². The number of aliphatic hydroxyl groups is 2. The molecule has 0 aliphatic rings. The minimum absolute atomic E-state index is 0.130. The van der Waals surface area contributed by atoms with E-state index in [1.54, 1.807) is 0 Å². The zero-order valence-corrected chi connectivity index (χ0v) is 10.1. The van der Waals surface area contributed by atoms with Gasteiger partial charge in [0, 0.05) is 5.56 Å². The lowest BCUT2D eigenvalue weighted by Gasteiger charge is -2.19. The highest BCUT2D eigenvalue weighted by Gasteiger charge is 2.32. The molecule has 20 heavy (non-hydrogen) atoms. The molecule has 0 saturated heterocycles. The molecule has 0 saturated carbocycles. The van der Waals surface area contributed by atoms with Gasteiger partial charge >= 0.3 is 6.18 Å². The lowest BCUT2D eigenvalue weighted by Crippen LogP contribution is -2.26. The minimum Gasteiger partial charge on any atom is -0.390 e. The van der Waals surface area contributed by atoms with E-state index in [1.807, 2.05) is 0 Å². The van der Waals surface area contributed by atoms with Gasteiger partial charge in [0.05, 0.1) is 18.1 Å². The number of amides is 1. The number of alkyl halides is 3. The average molecular weight is 291 g/mol. The monoisotopic (exact) mass is 291 g/mol. The van der Waals surface area contributed by atoms with Crippen molar-refractivity contribution in [3.8, 4) is 0 Å². The Morgan fingerprint density at radius 2 is 1.95 bits per heavy atom. The van der Waals surface area contributed by atoms with E-state index in [-0.39, 0.29) is 11.8 Å². The molecule has 1 rings (SSSR count). The molecule has 4 N–H and O–H groups in total. The minimum atomic E-state index is -4.63. The van der Waals surface area contributed by atoms with Crippen LogP contribution in [0.2, 0.25) is 0 Å². The maximum atomic E-state index is 12.5. The summed E-state index contributed by atoms with van der Waals surface area (Å²) < 4.78 is 37.4. The largest absolute Gasteiger partial charge is 0.416 e. The smallest absolute Gasteiger partial charge is 0.390 e. The first-order valence-corrected chi connectivity index (χ1v) is 5.47. The Balaban J connectivity index is 3.12. The molecule has 0 radical (unpaired) electrons. The van der Waals surface area contributed by atoms with E-state index in [4.69, 9.17) is 5.73 Å². The molecule has 0 aliphatic heterocycles. The Bertz CT molecular complexity index is 516. The highest BCUT2D eigenvalue weighted by molar-refractivity contribution is 5.78. The van der Waals surface area contributed by atoms with E-state index in [0.717, 1.165) is 6.07 Å². The van der Waals surface area contributed by atoms with Crippen LogP contribution in [-0.2, 0) is 11.0 Å². The van der Waals surface area contributed by atoms with E-state index in [9.17, 15) is 33.0 Å². The second kappa shape index (κ2) is 6.02. The number of benzene rings is 1. The van der Waals surface area contributed by atoms with E-state index < -0.39 is 41.8 Å². The van der Waals surface area contributed by atoms with Gasteiger partial charge in [-0.25, -0.2) is 0 Å². The summed E-state index contributed by atoms with van der Waals surface area (Å²) in [4.78, 5) is 21.4. The molecule has 0 heterocycles. The van der Waals surface area contributed by atoms with E-state index >= 15 is 0 Å². The van der Waals surface area contributed by atoms with Crippen LogP contribution in [0.1, 0.15) is 34.0 Å². The first kappa shape index (κ1) is 16.1. The third-order valence-corrected chi connectivity index (χ3v) is 2.63. The van der Waals surface area contributed by atoms with Gasteiger partial charge in [0.25, 0.3) is 0 Å². The van der Waals surface area contributed by atoms with Gasteiger partial charge in [0.1, 0.15) is 12.4 Å². The summed E-state index contributed by atoms with van der Waals surface area (Å²) in [5.74, 6) is -0.892. The molecule has 0 bridgehead atoms. The summed E-state index contributed by atoms with van der Waals surface area (Å²) in [7, 11) is 0. The molecular formula is C12H12F3NO4. The Kier molecular flexibility index (Phi) is 4.85. The van der Waals surface area contributed by atoms with Crippen molar-refractivity contribution in [3.05, 3.63) is 34.9 Å². The second-order valence-electron chi connectivity index (χ2n) is 4.14. The maximum absolute atomic E-state index is 12.5. The number of primary amides is 1. The highest BCUT2D eigenvalue weighted by atomic mass is 19.4. The summed E-state index contributed by atoms with van der Waals surface area (Å²) in [6.45, 7) is 0. The van der Waals surface area contributed by atoms with Crippen LogP contribution in [0.15, 0.2) is 18.2 Å². The number of aliphatic hydroxyl groups excluding tert-OH is 2. The molecular weight excluding hydrogens is 279 g/mol. The molecule has 2 atom stereocenters. The molecule has 5 nitrogen and oxygen atoms in total. The molecule has 0 aliphatic carbocycles. The molecule has 1 amide bonds. The summed E-state index contributed by atoms with van der Waals surface area (Å²) in [5.41, 5.74) is 3.15. The van der Waals surface area contributed by atoms with Crippen LogP contribution < -0.4 is 5.73 Å². The molecule has 8 heteroatoms. The molecule has 0 spiro atoms. The Labute approximate surface area is 111 Å². The van der Waals surface area contributed by atoms with Crippen molar-refractivity contribution in [2.45, 2.75) is 24.8 Å². The Morgan fingerprint density at radius 1 is 1.35 bits per heavy atom. The van der Waals surface area contributed by atoms with Crippen molar-refractivity contribution in [2.75, 3.05) is 0 Å². The van der Waals surface area contributed by atoms with Crippen LogP contribution in [0.3, 0.4) is 0 Å². The third kappa shape index (κ3) is 3.78. The molecule has 1 aromatic rings. The van der Waals surface area contributed by atoms with Gasteiger partial charge in [0.15, 0.2) is 0 Å². The van der Waals surface area contributed by atoms with E-state index in [1.165, 1.54) is 0 Å². The summed E-state index contributed by atoms with van der Waals surface area (Å²) >= 11 is 0. The van der Waals surface area contributed by atoms with Gasteiger partial charge in [-0.15, -0.1) is 0 Å². The molecule has 2 unspecified atom stereocenters. The van der Waals surface area contributed by atoms with Crippen LogP contribution in [0, 0.1) is 0 Å². The normalized spacial score (nSPS) is 14.7. The predicted octanol–water partition coefficient (Wildman–Crippen LogP) is 0.788. The Hall–Kier alpha value is -1.93.